The van der Waals surface area contributed by atoms with Crippen LogP contribution in [0.25, 0.3) is 0 Å². The average Bonchev–Trinajstić information content (AvgIpc) is 2.73. The molecule has 1 unspecified atom stereocenters. The van der Waals surface area contributed by atoms with Crippen LogP contribution in [0.3, 0.4) is 0 Å². The van der Waals surface area contributed by atoms with Gasteiger partial charge >= 0.3 is 0 Å². The maximum atomic E-state index is 12.9. The fraction of sp³-hybridized carbons (Fsp3) is 0.300. The van der Waals surface area contributed by atoms with E-state index in [-0.39, 0.29) is 33.9 Å². The van der Waals surface area contributed by atoms with Gasteiger partial charge < -0.3 is 5.32 Å². The van der Waals surface area contributed by atoms with Gasteiger partial charge in [0.05, 0.1) is 21.7 Å². The van der Waals surface area contributed by atoms with E-state index in [0.29, 0.717) is 24.3 Å². The smallest absolute Gasteiger partial charge is 0.244 e. The molecule has 1 heterocycles. The number of amides is 1. The SMILES string of the molecule is CC(C(=O)Nc1ccc(C#N)c(Cl)c1)N1CCN(S(=O)(=O)c2ccccc2Cl)CC1. The number of nitrogens with zero attached hydrogens (tertiary/aromatic N) is 3. The molecule has 1 aliphatic heterocycles. The summed E-state index contributed by atoms with van der Waals surface area (Å²) in [5, 5.41) is 12.2. The van der Waals surface area contributed by atoms with Crippen molar-refractivity contribution in [3.05, 3.63) is 58.1 Å². The molecule has 1 fully saturated rings. The van der Waals surface area contributed by atoms with Crippen LogP contribution in [-0.2, 0) is 14.8 Å². The normalized spacial score (nSPS) is 16.6. The third-order valence-electron chi connectivity index (χ3n) is 5.01. The first-order valence-electron chi connectivity index (χ1n) is 9.23. The van der Waals surface area contributed by atoms with Gasteiger partial charge in [-0.05, 0) is 37.3 Å². The van der Waals surface area contributed by atoms with E-state index in [4.69, 9.17) is 28.5 Å². The molecule has 0 aliphatic carbocycles. The molecule has 30 heavy (non-hydrogen) atoms. The number of nitriles is 1. The van der Waals surface area contributed by atoms with Gasteiger partial charge in [0.15, 0.2) is 0 Å². The predicted octanol–water partition coefficient (Wildman–Crippen LogP) is 3.20. The fourth-order valence-corrected chi connectivity index (χ4v) is 5.36. The summed E-state index contributed by atoms with van der Waals surface area (Å²) in [5.74, 6) is -0.238. The van der Waals surface area contributed by atoms with Crippen LogP contribution in [0.2, 0.25) is 10.0 Å². The zero-order valence-corrected chi connectivity index (χ0v) is 18.5. The van der Waals surface area contributed by atoms with Crippen LogP contribution < -0.4 is 5.32 Å². The standard InChI is InChI=1S/C20H20Cl2N4O3S/c1-14(20(27)24-16-7-6-15(13-23)18(22)12-16)25-8-10-26(11-9-25)30(28,29)19-5-3-2-4-17(19)21/h2-7,12,14H,8-11H2,1H3,(H,24,27). The van der Waals surface area contributed by atoms with Crippen LogP contribution in [0.15, 0.2) is 47.4 Å². The highest BCUT2D eigenvalue weighted by molar-refractivity contribution is 7.89. The van der Waals surface area contributed by atoms with Crippen molar-refractivity contribution in [2.75, 3.05) is 31.5 Å². The van der Waals surface area contributed by atoms with Gasteiger partial charge in [0.2, 0.25) is 15.9 Å². The van der Waals surface area contributed by atoms with E-state index in [1.807, 2.05) is 11.0 Å². The number of carbonyl (C=O) groups is 1. The molecule has 158 valence electrons. The Bertz CT molecular complexity index is 1090. The van der Waals surface area contributed by atoms with E-state index < -0.39 is 16.1 Å². The van der Waals surface area contributed by atoms with Crippen molar-refractivity contribution in [1.82, 2.24) is 9.21 Å². The maximum Gasteiger partial charge on any atom is 0.244 e. The van der Waals surface area contributed by atoms with Gasteiger partial charge in [0.25, 0.3) is 0 Å². The molecule has 0 spiro atoms. The lowest BCUT2D eigenvalue weighted by Gasteiger charge is -2.36. The molecule has 1 N–H and O–H groups in total. The third-order valence-corrected chi connectivity index (χ3v) is 7.72. The second kappa shape index (κ2) is 9.33. The first-order valence-corrected chi connectivity index (χ1v) is 11.4. The van der Waals surface area contributed by atoms with E-state index in [1.54, 1.807) is 37.3 Å². The van der Waals surface area contributed by atoms with Crippen LogP contribution in [0, 0.1) is 11.3 Å². The van der Waals surface area contributed by atoms with Gasteiger partial charge in [-0.3, -0.25) is 9.69 Å². The Morgan fingerprint density at radius 1 is 1.10 bits per heavy atom. The maximum absolute atomic E-state index is 12.9. The number of hydrogen-bond donors (Lipinski definition) is 1. The van der Waals surface area contributed by atoms with E-state index in [2.05, 4.69) is 5.32 Å². The van der Waals surface area contributed by atoms with Crippen molar-refractivity contribution in [3.63, 3.8) is 0 Å². The van der Waals surface area contributed by atoms with Crippen molar-refractivity contribution in [3.8, 4) is 6.07 Å². The quantitative estimate of drug-likeness (QED) is 0.729. The molecule has 10 heteroatoms. The van der Waals surface area contributed by atoms with Crippen LogP contribution in [0.5, 0.6) is 0 Å². The molecule has 1 saturated heterocycles. The largest absolute Gasteiger partial charge is 0.325 e. The van der Waals surface area contributed by atoms with Crippen molar-refractivity contribution in [1.29, 1.82) is 5.26 Å². The molecule has 2 aromatic carbocycles. The monoisotopic (exact) mass is 466 g/mol. The van der Waals surface area contributed by atoms with Gasteiger partial charge in [0.1, 0.15) is 11.0 Å². The fourth-order valence-electron chi connectivity index (χ4n) is 3.22. The van der Waals surface area contributed by atoms with Gasteiger partial charge in [-0.25, -0.2) is 8.42 Å². The molecule has 3 rings (SSSR count). The molecule has 0 bridgehead atoms. The number of benzene rings is 2. The first-order chi connectivity index (χ1) is 14.2. The Morgan fingerprint density at radius 2 is 1.77 bits per heavy atom. The Balaban J connectivity index is 1.62. The molecule has 7 nitrogen and oxygen atoms in total. The molecule has 0 radical (unpaired) electrons. The number of halogens is 2. The topological polar surface area (TPSA) is 93.5 Å². The zero-order valence-electron chi connectivity index (χ0n) is 16.2. The van der Waals surface area contributed by atoms with Crippen LogP contribution in [-0.4, -0.2) is 55.8 Å². The Morgan fingerprint density at radius 3 is 2.37 bits per heavy atom. The van der Waals surface area contributed by atoms with E-state index >= 15 is 0 Å². The Kier molecular flexibility index (Phi) is 7.01. The molecule has 1 aliphatic rings. The van der Waals surface area contributed by atoms with Gasteiger partial charge in [-0.2, -0.15) is 9.57 Å². The number of carbonyl (C=O) groups excluding carboxylic acids is 1. The molecule has 1 amide bonds. The molecular weight excluding hydrogens is 447 g/mol. The Labute approximate surface area is 185 Å². The highest BCUT2D eigenvalue weighted by atomic mass is 35.5. The van der Waals surface area contributed by atoms with Gasteiger partial charge in [0, 0.05) is 31.9 Å². The summed E-state index contributed by atoms with van der Waals surface area (Å²) in [6, 6.07) is 12.5. The molecule has 0 aromatic heterocycles. The summed E-state index contributed by atoms with van der Waals surface area (Å²) in [4.78, 5) is 14.6. The third kappa shape index (κ3) is 4.77. The zero-order chi connectivity index (χ0) is 21.9. The summed E-state index contributed by atoms with van der Waals surface area (Å²) in [6.07, 6.45) is 0. The van der Waals surface area contributed by atoms with Crippen LogP contribution >= 0.6 is 23.2 Å². The molecule has 1 atom stereocenters. The minimum Gasteiger partial charge on any atom is -0.325 e. The minimum atomic E-state index is -3.69. The van der Waals surface area contributed by atoms with Crippen LogP contribution in [0.1, 0.15) is 12.5 Å². The summed E-state index contributed by atoms with van der Waals surface area (Å²) >= 11 is 12.1. The number of nitrogens with one attached hydrogen (secondary N) is 1. The number of anilines is 1. The van der Waals surface area contributed by atoms with Crippen molar-refractivity contribution in [2.24, 2.45) is 0 Å². The lowest BCUT2D eigenvalue weighted by atomic mass is 10.2. The van der Waals surface area contributed by atoms with Crippen molar-refractivity contribution < 1.29 is 13.2 Å². The lowest BCUT2D eigenvalue weighted by molar-refractivity contribution is -0.121. The highest BCUT2D eigenvalue weighted by Gasteiger charge is 2.32. The van der Waals surface area contributed by atoms with Gasteiger partial charge in [-0.1, -0.05) is 35.3 Å². The summed E-state index contributed by atoms with van der Waals surface area (Å²) in [6.45, 7) is 3.10. The number of piperazine rings is 1. The Hall–Kier alpha value is -2.15. The van der Waals surface area contributed by atoms with E-state index in [0.717, 1.165) is 0 Å². The average molecular weight is 467 g/mol. The second-order valence-electron chi connectivity index (χ2n) is 6.84. The molecular formula is C20H20Cl2N4O3S. The number of hydrogen-bond acceptors (Lipinski definition) is 5. The van der Waals surface area contributed by atoms with E-state index in [1.165, 1.54) is 16.4 Å². The minimum absolute atomic E-state index is 0.0867. The van der Waals surface area contributed by atoms with Gasteiger partial charge in [-0.15, -0.1) is 0 Å². The van der Waals surface area contributed by atoms with Crippen molar-refractivity contribution >= 4 is 44.8 Å². The second-order valence-corrected chi connectivity index (χ2v) is 9.56. The number of rotatable bonds is 5. The van der Waals surface area contributed by atoms with E-state index in [9.17, 15) is 13.2 Å². The predicted molar refractivity (Wildman–Crippen MR) is 116 cm³/mol. The van der Waals surface area contributed by atoms with Crippen molar-refractivity contribution in [2.45, 2.75) is 17.9 Å². The summed E-state index contributed by atoms with van der Waals surface area (Å²) < 4.78 is 27.1. The molecule has 2 aromatic rings. The number of sulfonamides is 1. The van der Waals surface area contributed by atoms with Crippen LogP contribution in [0.4, 0.5) is 5.69 Å². The lowest BCUT2D eigenvalue weighted by Crippen LogP contribution is -2.53. The summed E-state index contributed by atoms with van der Waals surface area (Å²) in [7, 11) is -3.69. The molecule has 0 saturated carbocycles. The first kappa shape index (κ1) is 22.5. The summed E-state index contributed by atoms with van der Waals surface area (Å²) in [5.41, 5.74) is 0.828. The highest BCUT2D eigenvalue weighted by Crippen LogP contribution is 2.25.